The van der Waals surface area contributed by atoms with Crippen LogP contribution in [0.25, 0.3) is 0 Å². The van der Waals surface area contributed by atoms with Gasteiger partial charge in [0.2, 0.25) is 0 Å². The number of benzene rings is 1. The molecule has 0 atom stereocenters. The van der Waals surface area contributed by atoms with Crippen molar-refractivity contribution < 1.29 is 10.0 Å². The Morgan fingerprint density at radius 3 is 2.79 bits per heavy atom. The molecule has 1 aliphatic rings. The van der Waals surface area contributed by atoms with Gasteiger partial charge in [0.25, 0.3) is 0 Å². The van der Waals surface area contributed by atoms with Gasteiger partial charge in [-0.2, -0.15) is 0 Å². The van der Waals surface area contributed by atoms with Crippen LogP contribution in [0.1, 0.15) is 12.8 Å². The maximum Gasteiger partial charge on any atom is 0.488 e. The van der Waals surface area contributed by atoms with Gasteiger partial charge in [-0.1, -0.05) is 12.1 Å². The summed E-state index contributed by atoms with van der Waals surface area (Å²) in [7, 11) is -1.35. The normalized spacial score (nSPS) is 15.6. The van der Waals surface area contributed by atoms with Gasteiger partial charge in [0.05, 0.1) is 0 Å². The fraction of sp³-hybridized carbons (Fsp3) is 0.400. The van der Waals surface area contributed by atoms with Gasteiger partial charge in [0.15, 0.2) is 0 Å². The molecule has 1 aromatic carbocycles. The van der Waals surface area contributed by atoms with Gasteiger partial charge in [-0.3, -0.25) is 0 Å². The van der Waals surface area contributed by atoms with Gasteiger partial charge in [-0.15, -0.1) is 11.8 Å². The van der Waals surface area contributed by atoms with Gasteiger partial charge in [-0.25, -0.2) is 0 Å². The molecule has 0 aromatic heterocycles. The average molecular weight is 208 g/mol. The zero-order valence-corrected chi connectivity index (χ0v) is 8.70. The highest BCUT2D eigenvalue weighted by Crippen LogP contribution is 2.34. The number of rotatable bonds is 4. The Bertz CT molecular complexity index is 313. The molecule has 0 amide bonds. The van der Waals surface area contributed by atoms with Crippen molar-refractivity contribution in [2.75, 3.05) is 5.75 Å². The molecule has 0 saturated heterocycles. The van der Waals surface area contributed by atoms with E-state index in [1.807, 2.05) is 18.2 Å². The summed E-state index contributed by atoms with van der Waals surface area (Å²) in [6.07, 6.45) is 2.71. The molecular weight excluding hydrogens is 195 g/mol. The van der Waals surface area contributed by atoms with E-state index < -0.39 is 7.12 Å². The zero-order chi connectivity index (χ0) is 9.97. The third kappa shape index (κ3) is 2.77. The summed E-state index contributed by atoms with van der Waals surface area (Å²) in [6.45, 7) is 0. The van der Waals surface area contributed by atoms with Crippen LogP contribution in [0.2, 0.25) is 0 Å². The minimum atomic E-state index is -1.35. The first-order valence-electron chi connectivity index (χ1n) is 4.84. The van der Waals surface area contributed by atoms with Crippen LogP contribution in [0.5, 0.6) is 0 Å². The van der Waals surface area contributed by atoms with E-state index in [1.165, 1.54) is 12.8 Å². The lowest BCUT2D eigenvalue weighted by atomic mass is 9.80. The molecule has 4 heteroatoms. The van der Waals surface area contributed by atoms with E-state index in [4.69, 9.17) is 10.0 Å². The summed E-state index contributed by atoms with van der Waals surface area (Å²) >= 11 is 1.80. The van der Waals surface area contributed by atoms with Crippen LogP contribution in [0.4, 0.5) is 0 Å². The molecular formula is C10H13BO2S. The molecule has 1 fully saturated rings. The summed E-state index contributed by atoms with van der Waals surface area (Å²) in [6, 6.07) is 7.45. The Labute approximate surface area is 88.5 Å². The topological polar surface area (TPSA) is 40.5 Å². The van der Waals surface area contributed by atoms with Crippen molar-refractivity contribution in [1.29, 1.82) is 0 Å². The highest BCUT2D eigenvalue weighted by atomic mass is 32.2. The number of hydrogen-bond donors (Lipinski definition) is 2. The third-order valence-corrected chi connectivity index (χ3v) is 3.56. The highest BCUT2D eigenvalue weighted by Gasteiger charge is 2.21. The van der Waals surface area contributed by atoms with E-state index >= 15 is 0 Å². The zero-order valence-electron chi connectivity index (χ0n) is 7.89. The minimum absolute atomic E-state index is 0.575. The minimum Gasteiger partial charge on any atom is -0.423 e. The van der Waals surface area contributed by atoms with Crippen molar-refractivity contribution in [2.24, 2.45) is 5.92 Å². The highest BCUT2D eigenvalue weighted by molar-refractivity contribution is 7.99. The Hall–Kier alpha value is -0.445. The van der Waals surface area contributed by atoms with Crippen LogP contribution in [0.15, 0.2) is 29.2 Å². The molecule has 0 radical (unpaired) electrons. The fourth-order valence-electron chi connectivity index (χ4n) is 1.26. The van der Waals surface area contributed by atoms with Crippen molar-refractivity contribution >= 4 is 24.3 Å². The van der Waals surface area contributed by atoms with Crippen molar-refractivity contribution in [3.05, 3.63) is 24.3 Å². The quantitative estimate of drug-likeness (QED) is 0.569. The Morgan fingerprint density at radius 2 is 2.14 bits per heavy atom. The molecule has 0 bridgehead atoms. The van der Waals surface area contributed by atoms with Gasteiger partial charge < -0.3 is 10.0 Å². The summed E-state index contributed by atoms with van der Waals surface area (Å²) in [5.74, 6) is 2.05. The SMILES string of the molecule is OB(O)c1cccc(SCC2CC2)c1. The number of thioether (sulfide) groups is 1. The third-order valence-electron chi connectivity index (χ3n) is 2.34. The van der Waals surface area contributed by atoms with Crippen LogP contribution in [0, 0.1) is 5.92 Å². The maximum absolute atomic E-state index is 8.98. The van der Waals surface area contributed by atoms with Crippen LogP contribution in [-0.2, 0) is 0 Å². The van der Waals surface area contributed by atoms with Crippen molar-refractivity contribution in [1.82, 2.24) is 0 Å². The van der Waals surface area contributed by atoms with Gasteiger partial charge in [0, 0.05) is 10.6 Å². The Morgan fingerprint density at radius 1 is 1.36 bits per heavy atom. The maximum atomic E-state index is 8.98. The molecule has 74 valence electrons. The summed E-state index contributed by atoms with van der Waals surface area (Å²) < 4.78 is 0. The molecule has 1 saturated carbocycles. The van der Waals surface area contributed by atoms with Crippen LogP contribution in [0.3, 0.4) is 0 Å². The summed E-state index contributed by atoms with van der Waals surface area (Å²) in [4.78, 5) is 1.13. The van der Waals surface area contributed by atoms with E-state index in [9.17, 15) is 0 Å². The largest absolute Gasteiger partial charge is 0.488 e. The van der Waals surface area contributed by atoms with E-state index in [1.54, 1.807) is 17.8 Å². The van der Waals surface area contributed by atoms with E-state index in [-0.39, 0.29) is 0 Å². The molecule has 0 heterocycles. The van der Waals surface area contributed by atoms with E-state index in [0.717, 1.165) is 16.6 Å². The molecule has 2 nitrogen and oxygen atoms in total. The summed E-state index contributed by atoms with van der Waals surface area (Å²) in [5, 5.41) is 18.0. The Kier molecular flexibility index (Phi) is 3.16. The first-order valence-corrected chi connectivity index (χ1v) is 5.83. The molecule has 14 heavy (non-hydrogen) atoms. The number of hydrogen-bond acceptors (Lipinski definition) is 3. The molecule has 2 N–H and O–H groups in total. The van der Waals surface area contributed by atoms with Crippen LogP contribution in [-0.4, -0.2) is 22.9 Å². The van der Waals surface area contributed by atoms with Gasteiger partial charge >= 0.3 is 7.12 Å². The monoisotopic (exact) mass is 208 g/mol. The van der Waals surface area contributed by atoms with Crippen molar-refractivity contribution in [2.45, 2.75) is 17.7 Å². The van der Waals surface area contributed by atoms with Crippen molar-refractivity contribution in [3.8, 4) is 0 Å². The standard InChI is InChI=1S/C10H13BO2S/c12-11(13)9-2-1-3-10(6-9)14-7-8-4-5-8/h1-3,6,8,12-13H,4-5,7H2. The first kappa shape index (κ1) is 10.1. The lowest BCUT2D eigenvalue weighted by Gasteiger charge is -2.03. The molecule has 1 aromatic rings. The second-order valence-electron chi connectivity index (χ2n) is 3.70. The lowest BCUT2D eigenvalue weighted by Crippen LogP contribution is -2.29. The van der Waals surface area contributed by atoms with E-state index in [2.05, 4.69) is 0 Å². The van der Waals surface area contributed by atoms with Crippen molar-refractivity contribution in [3.63, 3.8) is 0 Å². The fourth-order valence-corrected chi connectivity index (χ4v) is 2.42. The van der Waals surface area contributed by atoms with Gasteiger partial charge in [0.1, 0.15) is 0 Å². The molecule has 2 rings (SSSR count). The van der Waals surface area contributed by atoms with Crippen LogP contribution >= 0.6 is 11.8 Å². The van der Waals surface area contributed by atoms with Crippen LogP contribution < -0.4 is 5.46 Å². The second kappa shape index (κ2) is 4.38. The molecule has 1 aliphatic carbocycles. The van der Waals surface area contributed by atoms with E-state index in [0.29, 0.717) is 5.46 Å². The lowest BCUT2D eigenvalue weighted by molar-refractivity contribution is 0.425. The molecule has 0 spiro atoms. The van der Waals surface area contributed by atoms with Gasteiger partial charge in [-0.05, 0) is 36.4 Å². The predicted molar refractivity (Wildman–Crippen MR) is 59.7 cm³/mol. The first-order chi connectivity index (χ1) is 6.75. The predicted octanol–water partition coefficient (Wildman–Crippen LogP) is 0.868. The molecule has 0 unspecified atom stereocenters. The molecule has 0 aliphatic heterocycles. The second-order valence-corrected chi connectivity index (χ2v) is 4.79. The summed E-state index contributed by atoms with van der Waals surface area (Å²) in [5.41, 5.74) is 0.575. The Balaban J connectivity index is 1.97. The smallest absolute Gasteiger partial charge is 0.423 e. The average Bonchev–Trinajstić information content (AvgIpc) is 2.99.